The van der Waals surface area contributed by atoms with Gasteiger partial charge in [0, 0.05) is 32.7 Å². The Kier molecular flexibility index (Phi) is 5.98. The summed E-state index contributed by atoms with van der Waals surface area (Å²) in [4.78, 5) is 14.1. The predicted molar refractivity (Wildman–Crippen MR) is 78.4 cm³/mol. The largest absolute Gasteiger partial charge is 0.463 e. The van der Waals surface area contributed by atoms with E-state index in [1.165, 1.54) is 0 Å². The Balaban J connectivity index is 1.66. The van der Waals surface area contributed by atoms with E-state index in [1.54, 1.807) is 0 Å². The van der Waals surface area contributed by atoms with Crippen LogP contribution in [0.1, 0.15) is 5.56 Å². The van der Waals surface area contributed by atoms with Gasteiger partial charge in [-0.05, 0) is 12.0 Å². The Morgan fingerprint density at radius 2 is 2.00 bits per heavy atom. The molecule has 110 valence electrons. The number of piperazine rings is 1. The number of nitrogens with two attached hydrogens (primary N) is 1. The molecule has 5 nitrogen and oxygen atoms in total. The van der Waals surface area contributed by atoms with Crippen molar-refractivity contribution in [3.8, 4) is 0 Å². The molecule has 0 aromatic heterocycles. The van der Waals surface area contributed by atoms with Crippen LogP contribution in [0.2, 0.25) is 0 Å². The molecule has 1 aromatic carbocycles. The molecule has 0 bridgehead atoms. The number of hydrogen-bond acceptors (Lipinski definition) is 5. The Morgan fingerprint density at radius 3 is 2.70 bits per heavy atom. The lowest BCUT2D eigenvalue weighted by Gasteiger charge is -2.26. The maximum absolute atomic E-state index is 11.8. The number of hydrogen-bond donors (Lipinski definition) is 2. The number of esters is 1. The van der Waals surface area contributed by atoms with Crippen LogP contribution < -0.4 is 11.1 Å². The summed E-state index contributed by atoms with van der Waals surface area (Å²) in [6.07, 6.45) is 0.521. The summed E-state index contributed by atoms with van der Waals surface area (Å²) in [6.45, 7) is 5.22. The first-order valence-corrected chi connectivity index (χ1v) is 7.15. The lowest BCUT2D eigenvalue weighted by molar-refractivity contribution is -0.145. The molecule has 1 aliphatic heterocycles. The average molecular weight is 277 g/mol. The van der Waals surface area contributed by atoms with Crippen LogP contribution in [0, 0.1) is 0 Å². The highest BCUT2D eigenvalue weighted by molar-refractivity contribution is 5.75. The third kappa shape index (κ3) is 4.92. The number of nitrogens with one attached hydrogen (secondary N) is 1. The zero-order valence-corrected chi connectivity index (χ0v) is 11.8. The van der Waals surface area contributed by atoms with Gasteiger partial charge in [-0.25, -0.2) is 0 Å². The van der Waals surface area contributed by atoms with Crippen molar-refractivity contribution in [2.45, 2.75) is 12.5 Å². The topological polar surface area (TPSA) is 67.6 Å². The van der Waals surface area contributed by atoms with Crippen LogP contribution in [0.15, 0.2) is 30.3 Å². The fourth-order valence-corrected chi connectivity index (χ4v) is 2.27. The second-order valence-corrected chi connectivity index (χ2v) is 5.06. The minimum atomic E-state index is -0.583. The van der Waals surface area contributed by atoms with E-state index in [2.05, 4.69) is 10.2 Å². The molecule has 1 heterocycles. The minimum Gasteiger partial charge on any atom is -0.463 e. The minimum absolute atomic E-state index is 0.316. The smallest absolute Gasteiger partial charge is 0.323 e. The van der Waals surface area contributed by atoms with Crippen LogP contribution in [0.4, 0.5) is 0 Å². The fraction of sp³-hybridized carbons (Fsp3) is 0.533. The van der Waals surface area contributed by atoms with E-state index in [9.17, 15) is 4.79 Å². The quantitative estimate of drug-likeness (QED) is 0.717. The second kappa shape index (κ2) is 7.99. The number of nitrogens with zero attached hydrogens (tertiary/aromatic N) is 1. The molecule has 0 spiro atoms. The van der Waals surface area contributed by atoms with Gasteiger partial charge in [-0.3, -0.25) is 9.69 Å². The number of carbonyl (C=O) groups excluding carboxylic acids is 1. The van der Waals surface area contributed by atoms with Crippen LogP contribution >= 0.6 is 0 Å². The van der Waals surface area contributed by atoms with Crippen molar-refractivity contribution in [2.24, 2.45) is 5.73 Å². The monoisotopic (exact) mass is 277 g/mol. The summed E-state index contributed by atoms with van der Waals surface area (Å²) in [7, 11) is 0. The van der Waals surface area contributed by atoms with Gasteiger partial charge in [0.1, 0.15) is 12.6 Å². The van der Waals surface area contributed by atoms with Crippen LogP contribution in [0.5, 0.6) is 0 Å². The Morgan fingerprint density at radius 1 is 1.30 bits per heavy atom. The van der Waals surface area contributed by atoms with Gasteiger partial charge in [0.25, 0.3) is 0 Å². The van der Waals surface area contributed by atoms with Crippen molar-refractivity contribution in [2.75, 3.05) is 39.3 Å². The number of carbonyl (C=O) groups is 1. The highest BCUT2D eigenvalue weighted by atomic mass is 16.5. The molecule has 0 saturated carbocycles. The molecule has 1 aromatic rings. The van der Waals surface area contributed by atoms with Gasteiger partial charge >= 0.3 is 5.97 Å². The maximum Gasteiger partial charge on any atom is 0.323 e. The molecule has 3 N–H and O–H groups in total. The van der Waals surface area contributed by atoms with E-state index < -0.39 is 6.04 Å². The predicted octanol–water partition coefficient (Wildman–Crippen LogP) is 0.00480. The first kappa shape index (κ1) is 15.0. The van der Waals surface area contributed by atoms with Gasteiger partial charge in [0.05, 0.1) is 0 Å². The van der Waals surface area contributed by atoms with Gasteiger partial charge in [0.2, 0.25) is 0 Å². The third-order valence-corrected chi connectivity index (χ3v) is 3.46. The first-order valence-electron chi connectivity index (χ1n) is 7.15. The molecule has 0 unspecified atom stereocenters. The van der Waals surface area contributed by atoms with Crippen molar-refractivity contribution >= 4 is 5.97 Å². The summed E-state index contributed by atoms with van der Waals surface area (Å²) < 4.78 is 5.25. The van der Waals surface area contributed by atoms with Gasteiger partial charge in [-0.1, -0.05) is 30.3 Å². The van der Waals surface area contributed by atoms with Crippen LogP contribution in [-0.4, -0.2) is 56.2 Å². The molecule has 1 atom stereocenters. The van der Waals surface area contributed by atoms with E-state index in [1.807, 2.05) is 30.3 Å². The van der Waals surface area contributed by atoms with Gasteiger partial charge in [-0.15, -0.1) is 0 Å². The molecule has 1 aliphatic rings. The van der Waals surface area contributed by atoms with Crippen LogP contribution in [-0.2, 0) is 16.0 Å². The number of rotatable bonds is 6. The van der Waals surface area contributed by atoms with Crippen molar-refractivity contribution in [3.05, 3.63) is 35.9 Å². The van der Waals surface area contributed by atoms with Gasteiger partial charge < -0.3 is 15.8 Å². The summed E-state index contributed by atoms with van der Waals surface area (Å²) in [6, 6.07) is 9.18. The summed E-state index contributed by atoms with van der Waals surface area (Å²) in [5.41, 5.74) is 6.93. The standard InChI is InChI=1S/C15H23N3O2/c16-14(12-13-4-2-1-3-5-13)15(19)20-11-10-18-8-6-17-7-9-18/h1-5,14,17H,6-12,16H2/t14-/m0/s1. The summed E-state index contributed by atoms with van der Waals surface area (Å²) in [5.74, 6) is -0.316. The normalized spacial score (nSPS) is 17.6. The fourth-order valence-electron chi connectivity index (χ4n) is 2.27. The number of benzene rings is 1. The van der Waals surface area contributed by atoms with E-state index in [0.717, 1.165) is 38.3 Å². The van der Waals surface area contributed by atoms with Crippen LogP contribution in [0.3, 0.4) is 0 Å². The van der Waals surface area contributed by atoms with Crippen molar-refractivity contribution < 1.29 is 9.53 Å². The molecule has 0 amide bonds. The van der Waals surface area contributed by atoms with E-state index in [0.29, 0.717) is 13.0 Å². The van der Waals surface area contributed by atoms with Crippen molar-refractivity contribution in [1.82, 2.24) is 10.2 Å². The van der Waals surface area contributed by atoms with Crippen molar-refractivity contribution in [3.63, 3.8) is 0 Å². The molecular weight excluding hydrogens is 254 g/mol. The molecule has 0 aliphatic carbocycles. The van der Waals surface area contributed by atoms with Gasteiger partial charge in [-0.2, -0.15) is 0 Å². The summed E-state index contributed by atoms with van der Waals surface area (Å²) >= 11 is 0. The highest BCUT2D eigenvalue weighted by Gasteiger charge is 2.16. The zero-order chi connectivity index (χ0) is 14.2. The Labute approximate surface area is 120 Å². The molecule has 20 heavy (non-hydrogen) atoms. The Hall–Kier alpha value is -1.43. The van der Waals surface area contributed by atoms with Crippen molar-refractivity contribution in [1.29, 1.82) is 0 Å². The molecule has 2 rings (SSSR count). The second-order valence-electron chi connectivity index (χ2n) is 5.06. The lowest BCUT2D eigenvalue weighted by Crippen LogP contribution is -2.45. The molecule has 5 heteroatoms. The first-order chi connectivity index (χ1) is 9.75. The maximum atomic E-state index is 11.8. The van der Waals surface area contributed by atoms with Gasteiger partial charge in [0.15, 0.2) is 0 Å². The molecular formula is C15H23N3O2. The van der Waals surface area contributed by atoms with E-state index >= 15 is 0 Å². The molecule has 1 fully saturated rings. The molecule has 0 radical (unpaired) electrons. The molecule has 1 saturated heterocycles. The summed E-state index contributed by atoms with van der Waals surface area (Å²) in [5, 5.41) is 3.29. The third-order valence-electron chi connectivity index (χ3n) is 3.46. The zero-order valence-electron chi connectivity index (χ0n) is 11.8. The van der Waals surface area contributed by atoms with Crippen LogP contribution in [0.25, 0.3) is 0 Å². The highest BCUT2D eigenvalue weighted by Crippen LogP contribution is 2.03. The number of ether oxygens (including phenoxy) is 1. The lowest BCUT2D eigenvalue weighted by atomic mass is 10.1. The Bertz CT molecular complexity index is 405. The SMILES string of the molecule is N[C@@H](Cc1ccccc1)C(=O)OCCN1CCNCC1. The van der Waals surface area contributed by atoms with E-state index in [-0.39, 0.29) is 5.97 Å². The average Bonchev–Trinajstić information content (AvgIpc) is 2.49. The van der Waals surface area contributed by atoms with E-state index in [4.69, 9.17) is 10.5 Å².